The molecular weight excluding hydrogens is 405 g/mol. The lowest BCUT2D eigenvalue weighted by molar-refractivity contribution is 0.0973. The highest BCUT2D eigenvalue weighted by Gasteiger charge is 2.13. The molecule has 3 rings (SSSR count). The number of carbonyl (C=O) groups excluding carboxylic acids is 2. The highest BCUT2D eigenvalue weighted by atomic mass is 32.1. The molecule has 30 heavy (non-hydrogen) atoms. The van der Waals surface area contributed by atoms with Crippen LogP contribution in [0.1, 0.15) is 20.7 Å². The molecule has 0 radical (unpaired) electrons. The molecular formula is C22H18FN3O3S. The first-order valence-electron chi connectivity index (χ1n) is 8.88. The molecule has 0 unspecified atom stereocenters. The number of methoxy groups -OCH3 is 1. The maximum atomic E-state index is 13.0. The van der Waals surface area contributed by atoms with E-state index in [0.717, 1.165) is 0 Å². The molecule has 0 bridgehead atoms. The van der Waals surface area contributed by atoms with Gasteiger partial charge < -0.3 is 15.4 Å². The number of carbonyl (C=O) groups is 2. The molecule has 0 aliphatic heterocycles. The normalized spacial score (nSPS) is 10.1. The molecule has 3 N–H and O–H groups in total. The third kappa shape index (κ3) is 5.39. The summed E-state index contributed by atoms with van der Waals surface area (Å²) in [7, 11) is 1.48. The van der Waals surface area contributed by atoms with Gasteiger partial charge in [0.05, 0.1) is 12.7 Å². The fourth-order valence-electron chi connectivity index (χ4n) is 2.64. The summed E-state index contributed by atoms with van der Waals surface area (Å²) in [5.74, 6) is -0.746. The van der Waals surface area contributed by atoms with E-state index in [2.05, 4.69) is 16.0 Å². The van der Waals surface area contributed by atoms with Crippen molar-refractivity contribution in [3.8, 4) is 5.75 Å². The maximum Gasteiger partial charge on any atom is 0.261 e. The van der Waals surface area contributed by atoms with E-state index in [-0.39, 0.29) is 16.8 Å². The van der Waals surface area contributed by atoms with Crippen LogP contribution in [0.4, 0.5) is 15.8 Å². The van der Waals surface area contributed by atoms with Crippen molar-refractivity contribution in [2.75, 3.05) is 17.7 Å². The molecule has 3 aromatic rings. The van der Waals surface area contributed by atoms with Crippen LogP contribution in [0.3, 0.4) is 0 Å². The standard InChI is InChI=1S/C22H18FN3O3S/c1-29-19-8-3-2-7-18(19)21(28)26-22(30)25-17-6-4-5-14(13-17)20(27)24-16-11-9-15(23)10-12-16/h2-13H,1H3,(H,24,27)(H2,25,26,28,30). The smallest absolute Gasteiger partial charge is 0.261 e. The molecule has 0 saturated carbocycles. The van der Waals surface area contributed by atoms with Crippen LogP contribution in [-0.4, -0.2) is 24.0 Å². The number of amides is 2. The van der Waals surface area contributed by atoms with Crippen molar-refractivity contribution in [2.24, 2.45) is 0 Å². The lowest BCUT2D eigenvalue weighted by atomic mass is 10.2. The quantitative estimate of drug-likeness (QED) is 0.536. The second kappa shape index (κ2) is 9.62. The summed E-state index contributed by atoms with van der Waals surface area (Å²) in [4.78, 5) is 24.8. The van der Waals surface area contributed by atoms with E-state index in [1.54, 1.807) is 48.5 Å². The highest BCUT2D eigenvalue weighted by Crippen LogP contribution is 2.17. The number of nitrogens with one attached hydrogen (secondary N) is 3. The average molecular weight is 423 g/mol. The first kappa shape index (κ1) is 20.9. The van der Waals surface area contributed by atoms with Gasteiger partial charge in [-0.05, 0) is 66.8 Å². The van der Waals surface area contributed by atoms with Gasteiger partial charge in [-0.3, -0.25) is 14.9 Å². The minimum Gasteiger partial charge on any atom is -0.496 e. The topological polar surface area (TPSA) is 79.5 Å². The first-order chi connectivity index (χ1) is 14.5. The van der Waals surface area contributed by atoms with E-state index in [4.69, 9.17) is 17.0 Å². The molecule has 0 spiro atoms. The van der Waals surface area contributed by atoms with Gasteiger partial charge in [0.15, 0.2) is 5.11 Å². The Morgan fingerprint density at radius 1 is 0.867 bits per heavy atom. The number of para-hydroxylation sites is 1. The Hall–Kier alpha value is -3.78. The predicted molar refractivity (Wildman–Crippen MR) is 117 cm³/mol. The van der Waals surface area contributed by atoms with Crippen molar-refractivity contribution in [3.05, 3.63) is 89.7 Å². The molecule has 0 fully saturated rings. The monoisotopic (exact) mass is 423 g/mol. The van der Waals surface area contributed by atoms with Crippen LogP contribution < -0.4 is 20.7 Å². The fourth-order valence-corrected chi connectivity index (χ4v) is 2.85. The van der Waals surface area contributed by atoms with Crippen LogP contribution >= 0.6 is 12.2 Å². The largest absolute Gasteiger partial charge is 0.496 e. The summed E-state index contributed by atoms with van der Waals surface area (Å²) in [6, 6.07) is 18.8. The fraction of sp³-hybridized carbons (Fsp3) is 0.0455. The van der Waals surface area contributed by atoms with E-state index in [1.807, 2.05) is 0 Å². The number of halogens is 1. The summed E-state index contributed by atoms with van der Waals surface area (Å²) in [6.07, 6.45) is 0. The Labute approximate surface area is 178 Å². The number of anilines is 2. The minimum absolute atomic E-state index is 0.0713. The number of ether oxygens (including phenoxy) is 1. The van der Waals surface area contributed by atoms with E-state index in [1.165, 1.54) is 31.4 Å². The molecule has 0 atom stereocenters. The lowest BCUT2D eigenvalue weighted by Crippen LogP contribution is -2.34. The van der Waals surface area contributed by atoms with Crippen molar-refractivity contribution >= 4 is 40.5 Å². The van der Waals surface area contributed by atoms with Crippen LogP contribution in [-0.2, 0) is 0 Å². The second-order valence-electron chi connectivity index (χ2n) is 6.15. The van der Waals surface area contributed by atoms with E-state index in [9.17, 15) is 14.0 Å². The number of hydrogen-bond acceptors (Lipinski definition) is 4. The molecule has 0 saturated heterocycles. The summed E-state index contributed by atoms with van der Waals surface area (Å²) in [5.41, 5.74) is 1.70. The zero-order chi connectivity index (χ0) is 21.5. The third-order valence-corrected chi connectivity index (χ3v) is 4.27. The van der Waals surface area contributed by atoms with E-state index >= 15 is 0 Å². The molecule has 3 aromatic carbocycles. The van der Waals surface area contributed by atoms with Crippen molar-refractivity contribution in [3.63, 3.8) is 0 Å². The summed E-state index contributed by atoms with van der Waals surface area (Å²) < 4.78 is 18.2. The first-order valence-corrected chi connectivity index (χ1v) is 9.29. The number of benzene rings is 3. The summed E-state index contributed by atoms with van der Waals surface area (Å²) in [5, 5.41) is 8.21. The van der Waals surface area contributed by atoms with Crippen LogP contribution in [0.15, 0.2) is 72.8 Å². The molecule has 0 heterocycles. The van der Waals surface area contributed by atoms with Crippen LogP contribution in [0.2, 0.25) is 0 Å². The van der Waals surface area contributed by atoms with Gasteiger partial charge in [0, 0.05) is 16.9 Å². The Morgan fingerprint density at radius 3 is 2.33 bits per heavy atom. The predicted octanol–water partition coefficient (Wildman–Crippen LogP) is 4.21. The van der Waals surface area contributed by atoms with Gasteiger partial charge in [-0.15, -0.1) is 0 Å². The Kier molecular flexibility index (Phi) is 6.71. The Morgan fingerprint density at radius 2 is 1.60 bits per heavy atom. The number of hydrogen-bond donors (Lipinski definition) is 3. The number of rotatable bonds is 5. The summed E-state index contributed by atoms with van der Waals surface area (Å²) >= 11 is 5.20. The second-order valence-corrected chi connectivity index (χ2v) is 6.56. The molecule has 2 amide bonds. The van der Waals surface area contributed by atoms with Crippen molar-refractivity contribution in [2.45, 2.75) is 0 Å². The Bertz CT molecular complexity index is 1090. The summed E-state index contributed by atoms with van der Waals surface area (Å²) in [6.45, 7) is 0. The van der Waals surface area contributed by atoms with Gasteiger partial charge >= 0.3 is 0 Å². The third-order valence-electron chi connectivity index (χ3n) is 4.06. The van der Waals surface area contributed by atoms with Gasteiger partial charge in [-0.25, -0.2) is 4.39 Å². The van der Waals surface area contributed by atoms with Crippen LogP contribution in [0.5, 0.6) is 5.75 Å². The van der Waals surface area contributed by atoms with Crippen molar-refractivity contribution in [1.29, 1.82) is 0 Å². The highest BCUT2D eigenvalue weighted by molar-refractivity contribution is 7.80. The zero-order valence-electron chi connectivity index (χ0n) is 15.9. The number of thiocarbonyl (C=S) groups is 1. The van der Waals surface area contributed by atoms with E-state index < -0.39 is 5.91 Å². The molecule has 152 valence electrons. The molecule has 0 aliphatic carbocycles. The van der Waals surface area contributed by atoms with Gasteiger partial charge in [-0.2, -0.15) is 0 Å². The van der Waals surface area contributed by atoms with Crippen LogP contribution in [0.25, 0.3) is 0 Å². The molecule has 8 heteroatoms. The molecule has 0 aliphatic rings. The van der Waals surface area contributed by atoms with Gasteiger partial charge in [-0.1, -0.05) is 18.2 Å². The van der Waals surface area contributed by atoms with Gasteiger partial charge in [0.2, 0.25) is 0 Å². The minimum atomic E-state index is -0.421. The lowest BCUT2D eigenvalue weighted by Gasteiger charge is -2.12. The van der Waals surface area contributed by atoms with Gasteiger partial charge in [0.1, 0.15) is 11.6 Å². The van der Waals surface area contributed by atoms with Crippen LogP contribution in [0, 0.1) is 5.82 Å². The molecule has 6 nitrogen and oxygen atoms in total. The molecule has 0 aromatic heterocycles. The zero-order valence-corrected chi connectivity index (χ0v) is 16.8. The maximum absolute atomic E-state index is 13.0. The van der Waals surface area contributed by atoms with Crippen molar-refractivity contribution < 1.29 is 18.7 Å². The average Bonchev–Trinajstić information content (AvgIpc) is 2.75. The SMILES string of the molecule is COc1ccccc1C(=O)NC(=S)Nc1cccc(C(=O)Nc2ccc(F)cc2)c1. The Balaban J connectivity index is 1.64. The van der Waals surface area contributed by atoms with Gasteiger partial charge in [0.25, 0.3) is 11.8 Å². The van der Waals surface area contributed by atoms with Crippen molar-refractivity contribution in [1.82, 2.24) is 5.32 Å². The van der Waals surface area contributed by atoms with E-state index in [0.29, 0.717) is 28.3 Å².